The van der Waals surface area contributed by atoms with E-state index in [1.807, 2.05) is 42.5 Å². The monoisotopic (exact) mass is 624 g/mol. The van der Waals surface area contributed by atoms with E-state index in [0.717, 1.165) is 61.1 Å². The maximum absolute atomic E-state index is 6.47. The highest BCUT2D eigenvalue weighted by Crippen LogP contribution is 2.39. The second kappa shape index (κ2) is 11.0. The molecule has 0 radical (unpaired) electrons. The maximum atomic E-state index is 6.47. The van der Waals surface area contributed by atoms with Crippen molar-refractivity contribution in [1.82, 2.24) is 9.97 Å². The molecule has 228 valence electrons. The molecule has 49 heavy (non-hydrogen) atoms. The Balaban J connectivity index is 1.09. The lowest BCUT2D eigenvalue weighted by Gasteiger charge is -2.12. The van der Waals surface area contributed by atoms with Crippen molar-refractivity contribution in [2.75, 3.05) is 0 Å². The average molecular weight is 625 g/mol. The molecule has 10 aromatic rings. The molecule has 8 aromatic carbocycles. The van der Waals surface area contributed by atoms with Gasteiger partial charge in [0.05, 0.1) is 11.4 Å². The molecule has 0 saturated carbocycles. The van der Waals surface area contributed by atoms with Crippen LogP contribution >= 0.6 is 0 Å². The minimum absolute atomic E-state index is 0.684. The van der Waals surface area contributed by atoms with Gasteiger partial charge >= 0.3 is 0 Å². The van der Waals surface area contributed by atoms with Crippen LogP contribution < -0.4 is 0 Å². The lowest BCUT2D eigenvalue weighted by Crippen LogP contribution is -1.95. The van der Waals surface area contributed by atoms with Crippen LogP contribution in [0.2, 0.25) is 0 Å². The Morgan fingerprint density at radius 1 is 0.286 bits per heavy atom. The van der Waals surface area contributed by atoms with Crippen molar-refractivity contribution in [2.24, 2.45) is 0 Å². The van der Waals surface area contributed by atoms with E-state index in [9.17, 15) is 0 Å². The Morgan fingerprint density at radius 3 is 1.37 bits per heavy atom. The topological polar surface area (TPSA) is 38.9 Å². The molecule has 0 saturated heterocycles. The number of benzene rings is 8. The fraction of sp³-hybridized carbons (Fsp3) is 0. The highest BCUT2D eigenvalue weighted by molar-refractivity contribution is 6.25. The molecule has 0 aliphatic heterocycles. The number of nitrogens with zero attached hydrogens (tertiary/aromatic N) is 2. The summed E-state index contributed by atoms with van der Waals surface area (Å²) >= 11 is 0. The zero-order valence-corrected chi connectivity index (χ0v) is 26.5. The molecule has 0 unspecified atom stereocenters. The Labute approximate surface area is 282 Å². The third kappa shape index (κ3) is 4.59. The number of furan rings is 1. The molecule has 2 heterocycles. The van der Waals surface area contributed by atoms with E-state index in [-0.39, 0.29) is 0 Å². The van der Waals surface area contributed by atoms with Crippen LogP contribution in [0, 0.1) is 0 Å². The molecule has 0 aliphatic rings. The standard InChI is InChI=1S/C46H28N2O/c1-3-11-29(12-4-1)42-28-43(30-13-5-2-6-14-30)48-46(47-42)33-21-24-44-41(26-33)39-23-20-32(27-45(39)49-44)31-19-22-38-36-17-8-7-15-34(36)35-16-9-10-18-37(35)40(38)25-31/h1-28H. The van der Waals surface area contributed by atoms with Gasteiger partial charge in [-0.05, 0) is 85.9 Å². The van der Waals surface area contributed by atoms with E-state index in [4.69, 9.17) is 14.4 Å². The summed E-state index contributed by atoms with van der Waals surface area (Å²) in [7, 11) is 0. The van der Waals surface area contributed by atoms with Crippen molar-refractivity contribution < 1.29 is 4.42 Å². The van der Waals surface area contributed by atoms with E-state index in [1.165, 1.54) is 32.3 Å². The van der Waals surface area contributed by atoms with Crippen molar-refractivity contribution in [3.05, 3.63) is 170 Å². The van der Waals surface area contributed by atoms with Gasteiger partial charge in [-0.2, -0.15) is 0 Å². The van der Waals surface area contributed by atoms with Gasteiger partial charge in [-0.1, -0.05) is 127 Å². The summed E-state index contributed by atoms with van der Waals surface area (Å²) in [4.78, 5) is 10.1. The predicted octanol–water partition coefficient (Wildman–Crippen LogP) is 12.5. The molecule has 0 fully saturated rings. The molecule has 10 rings (SSSR count). The highest BCUT2D eigenvalue weighted by Gasteiger charge is 2.15. The SMILES string of the molecule is c1ccc(-c2cc(-c3ccccc3)nc(-c3ccc4oc5cc(-c6ccc7c8ccccc8c8ccccc8c7c6)ccc5c4c3)n2)cc1. The van der Waals surface area contributed by atoms with Crippen LogP contribution in [0.25, 0.3) is 99.3 Å². The molecule has 3 nitrogen and oxygen atoms in total. The molecule has 0 atom stereocenters. The van der Waals surface area contributed by atoms with Crippen LogP contribution in [0.1, 0.15) is 0 Å². The summed E-state index contributed by atoms with van der Waals surface area (Å²) in [6, 6.07) is 59.7. The molecule has 2 aromatic heterocycles. The van der Waals surface area contributed by atoms with E-state index < -0.39 is 0 Å². The lowest BCUT2D eigenvalue weighted by atomic mass is 9.92. The Hall–Kier alpha value is -6.58. The zero-order chi connectivity index (χ0) is 32.3. The van der Waals surface area contributed by atoms with Gasteiger partial charge in [0.25, 0.3) is 0 Å². The van der Waals surface area contributed by atoms with E-state index in [1.54, 1.807) is 0 Å². The third-order valence-electron chi connectivity index (χ3n) is 9.67. The first-order valence-corrected chi connectivity index (χ1v) is 16.6. The first kappa shape index (κ1) is 27.5. The average Bonchev–Trinajstić information content (AvgIpc) is 3.55. The van der Waals surface area contributed by atoms with Crippen molar-refractivity contribution in [3.8, 4) is 45.0 Å². The number of rotatable bonds is 4. The fourth-order valence-corrected chi connectivity index (χ4v) is 7.27. The molecular weight excluding hydrogens is 597 g/mol. The van der Waals surface area contributed by atoms with Gasteiger partial charge in [0.15, 0.2) is 5.82 Å². The molecule has 0 aliphatic carbocycles. The van der Waals surface area contributed by atoms with Crippen LogP contribution in [0.3, 0.4) is 0 Å². The number of hydrogen-bond acceptors (Lipinski definition) is 3. The van der Waals surface area contributed by atoms with Crippen LogP contribution in [0.4, 0.5) is 0 Å². The number of aromatic nitrogens is 2. The second-order valence-electron chi connectivity index (χ2n) is 12.6. The van der Waals surface area contributed by atoms with Crippen LogP contribution in [0.15, 0.2) is 174 Å². The second-order valence-corrected chi connectivity index (χ2v) is 12.6. The summed E-state index contributed by atoms with van der Waals surface area (Å²) in [5, 5.41) is 9.75. The Morgan fingerprint density at radius 2 is 0.755 bits per heavy atom. The third-order valence-corrected chi connectivity index (χ3v) is 9.67. The fourth-order valence-electron chi connectivity index (χ4n) is 7.27. The predicted molar refractivity (Wildman–Crippen MR) is 204 cm³/mol. The van der Waals surface area contributed by atoms with Crippen molar-refractivity contribution in [1.29, 1.82) is 0 Å². The van der Waals surface area contributed by atoms with Crippen molar-refractivity contribution in [3.63, 3.8) is 0 Å². The first-order chi connectivity index (χ1) is 24.3. The highest BCUT2D eigenvalue weighted by atomic mass is 16.3. The van der Waals surface area contributed by atoms with Gasteiger partial charge in [0.2, 0.25) is 0 Å². The molecule has 3 heteroatoms. The van der Waals surface area contributed by atoms with Crippen molar-refractivity contribution >= 4 is 54.3 Å². The Bertz CT molecular complexity index is 2780. The minimum atomic E-state index is 0.684. The van der Waals surface area contributed by atoms with Crippen molar-refractivity contribution in [2.45, 2.75) is 0 Å². The Kier molecular flexibility index (Phi) is 6.18. The quantitative estimate of drug-likeness (QED) is 0.183. The van der Waals surface area contributed by atoms with Gasteiger partial charge in [-0.3, -0.25) is 0 Å². The van der Waals surface area contributed by atoms with Gasteiger partial charge in [-0.15, -0.1) is 0 Å². The van der Waals surface area contributed by atoms with E-state index in [2.05, 4.69) is 127 Å². The normalized spacial score (nSPS) is 11.7. The van der Waals surface area contributed by atoms with Gasteiger partial charge in [0, 0.05) is 27.5 Å². The molecule has 0 amide bonds. The summed E-state index contributed by atoms with van der Waals surface area (Å²) < 4.78 is 6.47. The van der Waals surface area contributed by atoms with E-state index in [0.29, 0.717) is 5.82 Å². The molecule has 0 bridgehead atoms. The number of fused-ring (bicyclic) bond motifs is 9. The van der Waals surface area contributed by atoms with Gasteiger partial charge in [0.1, 0.15) is 11.2 Å². The molecular formula is C46H28N2O. The van der Waals surface area contributed by atoms with Crippen LogP contribution in [-0.2, 0) is 0 Å². The first-order valence-electron chi connectivity index (χ1n) is 16.6. The van der Waals surface area contributed by atoms with Crippen LogP contribution in [0.5, 0.6) is 0 Å². The van der Waals surface area contributed by atoms with E-state index >= 15 is 0 Å². The largest absolute Gasteiger partial charge is 0.456 e. The summed E-state index contributed by atoms with van der Waals surface area (Å²) in [5.74, 6) is 0.684. The number of hydrogen-bond donors (Lipinski definition) is 0. The van der Waals surface area contributed by atoms with Gasteiger partial charge in [-0.25, -0.2) is 9.97 Å². The van der Waals surface area contributed by atoms with Crippen LogP contribution in [-0.4, -0.2) is 9.97 Å². The zero-order valence-electron chi connectivity index (χ0n) is 26.5. The lowest BCUT2D eigenvalue weighted by molar-refractivity contribution is 0.669. The summed E-state index contributed by atoms with van der Waals surface area (Å²) in [6.07, 6.45) is 0. The summed E-state index contributed by atoms with van der Waals surface area (Å²) in [6.45, 7) is 0. The maximum Gasteiger partial charge on any atom is 0.160 e. The molecule has 0 N–H and O–H groups in total. The summed E-state index contributed by atoms with van der Waals surface area (Å²) in [5.41, 5.74) is 8.83. The molecule has 0 spiro atoms. The smallest absolute Gasteiger partial charge is 0.160 e. The van der Waals surface area contributed by atoms with Gasteiger partial charge < -0.3 is 4.42 Å². The minimum Gasteiger partial charge on any atom is -0.456 e.